The molecule has 1 saturated heterocycles. The molecular formula is C20H28N4O2. The SMILES string of the molecule is CCOC(=O)c1cnc2ccccc2c1NC(C)CN1CCN(C)CC1. The van der Waals surface area contributed by atoms with E-state index >= 15 is 0 Å². The predicted octanol–water partition coefficient (Wildman–Crippen LogP) is 2.46. The third-order valence-electron chi connectivity index (χ3n) is 4.79. The number of likely N-dealkylation sites (N-methyl/N-ethyl adjacent to an activating group) is 1. The van der Waals surface area contributed by atoms with Crippen LogP contribution in [0.15, 0.2) is 30.5 Å². The summed E-state index contributed by atoms with van der Waals surface area (Å²) >= 11 is 0. The second-order valence-corrected chi connectivity index (χ2v) is 6.93. The summed E-state index contributed by atoms with van der Waals surface area (Å²) in [5, 5.41) is 4.50. The van der Waals surface area contributed by atoms with Crippen LogP contribution in [-0.4, -0.2) is 73.2 Å². The Hall–Kier alpha value is -2.18. The molecule has 1 aliphatic rings. The van der Waals surface area contributed by atoms with Crippen LogP contribution in [0.25, 0.3) is 10.9 Å². The van der Waals surface area contributed by atoms with Crippen molar-refractivity contribution in [3.63, 3.8) is 0 Å². The number of ether oxygens (including phenoxy) is 1. The Balaban J connectivity index is 1.82. The van der Waals surface area contributed by atoms with Crippen molar-refractivity contribution in [2.24, 2.45) is 0 Å². The molecule has 1 aromatic heterocycles. The van der Waals surface area contributed by atoms with Crippen LogP contribution in [0.4, 0.5) is 5.69 Å². The molecule has 0 aliphatic carbocycles. The first-order valence-electron chi connectivity index (χ1n) is 9.30. The van der Waals surface area contributed by atoms with E-state index in [0.717, 1.165) is 49.3 Å². The summed E-state index contributed by atoms with van der Waals surface area (Å²) in [5.74, 6) is -0.333. The summed E-state index contributed by atoms with van der Waals surface area (Å²) in [6.45, 7) is 9.60. The van der Waals surface area contributed by atoms with Crippen molar-refractivity contribution in [2.75, 3.05) is 51.7 Å². The van der Waals surface area contributed by atoms with Gasteiger partial charge in [-0.3, -0.25) is 9.88 Å². The molecule has 2 aromatic rings. The van der Waals surface area contributed by atoms with Crippen LogP contribution in [0.3, 0.4) is 0 Å². The Morgan fingerprint density at radius 2 is 2.00 bits per heavy atom. The van der Waals surface area contributed by atoms with Crippen LogP contribution in [-0.2, 0) is 4.74 Å². The lowest BCUT2D eigenvalue weighted by Crippen LogP contribution is -2.47. The highest BCUT2D eigenvalue weighted by atomic mass is 16.5. The maximum absolute atomic E-state index is 12.4. The summed E-state index contributed by atoms with van der Waals surface area (Å²) in [6.07, 6.45) is 1.62. The van der Waals surface area contributed by atoms with Crippen molar-refractivity contribution in [2.45, 2.75) is 19.9 Å². The van der Waals surface area contributed by atoms with E-state index in [1.54, 1.807) is 6.20 Å². The van der Waals surface area contributed by atoms with E-state index in [0.29, 0.717) is 12.2 Å². The van der Waals surface area contributed by atoms with Gasteiger partial charge in [0.05, 0.1) is 17.8 Å². The maximum Gasteiger partial charge on any atom is 0.341 e. The molecule has 0 spiro atoms. The van der Waals surface area contributed by atoms with Crippen LogP contribution in [0.1, 0.15) is 24.2 Å². The highest BCUT2D eigenvalue weighted by molar-refractivity contribution is 6.04. The lowest BCUT2D eigenvalue weighted by atomic mass is 10.1. The van der Waals surface area contributed by atoms with Gasteiger partial charge in [0, 0.05) is 50.3 Å². The summed E-state index contributed by atoms with van der Waals surface area (Å²) in [6, 6.07) is 8.08. The number of piperazine rings is 1. The number of aromatic nitrogens is 1. The number of para-hydroxylation sites is 1. The van der Waals surface area contributed by atoms with Crippen LogP contribution >= 0.6 is 0 Å². The summed E-state index contributed by atoms with van der Waals surface area (Å²) < 4.78 is 5.23. The van der Waals surface area contributed by atoms with Crippen molar-refractivity contribution in [3.05, 3.63) is 36.0 Å². The normalized spacial score (nSPS) is 17.2. The molecule has 6 nitrogen and oxygen atoms in total. The van der Waals surface area contributed by atoms with Crippen LogP contribution in [0.5, 0.6) is 0 Å². The average molecular weight is 356 g/mol. The number of nitrogens with one attached hydrogen (secondary N) is 1. The monoisotopic (exact) mass is 356 g/mol. The van der Waals surface area contributed by atoms with Crippen molar-refractivity contribution < 1.29 is 9.53 Å². The van der Waals surface area contributed by atoms with E-state index in [1.165, 1.54) is 0 Å². The molecule has 0 amide bonds. The standard InChI is InChI=1S/C20H28N4O2/c1-4-26-20(25)17-13-21-18-8-6-5-7-16(18)19(17)22-15(2)14-24-11-9-23(3)10-12-24/h5-8,13,15H,4,9-12,14H2,1-3H3,(H,21,22). The van der Waals surface area contributed by atoms with E-state index in [2.05, 4.69) is 34.1 Å². The zero-order valence-electron chi connectivity index (χ0n) is 15.9. The molecule has 6 heteroatoms. The second kappa shape index (κ2) is 8.47. The van der Waals surface area contributed by atoms with Gasteiger partial charge in [-0.05, 0) is 27.0 Å². The number of pyridine rings is 1. The second-order valence-electron chi connectivity index (χ2n) is 6.93. The number of carbonyl (C=O) groups is 1. The fourth-order valence-electron chi connectivity index (χ4n) is 3.37. The molecule has 1 fully saturated rings. The van der Waals surface area contributed by atoms with Gasteiger partial charge in [-0.15, -0.1) is 0 Å². The van der Waals surface area contributed by atoms with Gasteiger partial charge < -0.3 is 15.0 Å². The molecular weight excluding hydrogens is 328 g/mol. The zero-order chi connectivity index (χ0) is 18.5. The zero-order valence-corrected chi connectivity index (χ0v) is 15.9. The smallest absolute Gasteiger partial charge is 0.341 e. The first-order chi connectivity index (χ1) is 12.6. The van der Waals surface area contributed by atoms with Gasteiger partial charge in [0.25, 0.3) is 0 Å². The van der Waals surface area contributed by atoms with Crippen molar-refractivity contribution in [1.82, 2.24) is 14.8 Å². The Kier molecular flexibility index (Phi) is 6.06. The fraction of sp³-hybridized carbons (Fsp3) is 0.500. The highest BCUT2D eigenvalue weighted by Crippen LogP contribution is 2.27. The number of esters is 1. The third kappa shape index (κ3) is 4.31. The largest absolute Gasteiger partial charge is 0.462 e. The average Bonchev–Trinajstić information content (AvgIpc) is 2.64. The molecule has 1 aliphatic heterocycles. The molecule has 26 heavy (non-hydrogen) atoms. The van der Waals surface area contributed by atoms with Crippen LogP contribution < -0.4 is 5.32 Å². The number of benzene rings is 1. The number of nitrogens with zero attached hydrogens (tertiary/aromatic N) is 3. The summed E-state index contributed by atoms with van der Waals surface area (Å²) in [5.41, 5.74) is 2.18. The lowest BCUT2D eigenvalue weighted by Gasteiger charge is -2.34. The van der Waals surface area contributed by atoms with E-state index in [-0.39, 0.29) is 12.0 Å². The van der Waals surface area contributed by atoms with Gasteiger partial charge in [0.15, 0.2) is 0 Å². The van der Waals surface area contributed by atoms with Gasteiger partial charge >= 0.3 is 5.97 Å². The van der Waals surface area contributed by atoms with Crippen molar-refractivity contribution in [3.8, 4) is 0 Å². The number of carbonyl (C=O) groups excluding carboxylic acids is 1. The van der Waals surface area contributed by atoms with Gasteiger partial charge in [0.2, 0.25) is 0 Å². The molecule has 0 bridgehead atoms. The Labute approximate surface area is 155 Å². The minimum absolute atomic E-state index is 0.206. The van der Waals surface area contributed by atoms with Crippen LogP contribution in [0, 0.1) is 0 Å². The number of hydrogen-bond donors (Lipinski definition) is 1. The molecule has 2 heterocycles. The quantitative estimate of drug-likeness (QED) is 0.803. The van der Waals surface area contributed by atoms with Gasteiger partial charge in [0.1, 0.15) is 5.56 Å². The molecule has 1 unspecified atom stereocenters. The fourth-order valence-corrected chi connectivity index (χ4v) is 3.37. The highest BCUT2D eigenvalue weighted by Gasteiger charge is 2.20. The van der Waals surface area contributed by atoms with Gasteiger partial charge in [-0.1, -0.05) is 18.2 Å². The lowest BCUT2D eigenvalue weighted by molar-refractivity contribution is 0.0527. The first kappa shape index (κ1) is 18.6. The predicted molar refractivity (Wildman–Crippen MR) is 105 cm³/mol. The minimum Gasteiger partial charge on any atom is -0.462 e. The number of hydrogen-bond acceptors (Lipinski definition) is 6. The Bertz CT molecular complexity index is 757. The van der Waals surface area contributed by atoms with Crippen molar-refractivity contribution in [1.29, 1.82) is 0 Å². The molecule has 140 valence electrons. The van der Waals surface area contributed by atoms with Crippen molar-refractivity contribution >= 4 is 22.6 Å². The Morgan fingerprint density at radius 3 is 2.73 bits per heavy atom. The van der Waals surface area contributed by atoms with Gasteiger partial charge in [-0.2, -0.15) is 0 Å². The molecule has 0 radical (unpaired) electrons. The van der Waals surface area contributed by atoms with E-state index in [4.69, 9.17) is 4.74 Å². The van der Waals surface area contributed by atoms with Crippen LogP contribution in [0.2, 0.25) is 0 Å². The first-order valence-corrected chi connectivity index (χ1v) is 9.30. The topological polar surface area (TPSA) is 57.7 Å². The maximum atomic E-state index is 12.4. The third-order valence-corrected chi connectivity index (χ3v) is 4.79. The molecule has 1 N–H and O–H groups in total. The number of rotatable bonds is 6. The number of fused-ring (bicyclic) bond motifs is 1. The Morgan fingerprint density at radius 1 is 1.27 bits per heavy atom. The molecule has 3 rings (SSSR count). The van der Waals surface area contributed by atoms with E-state index in [1.807, 2.05) is 31.2 Å². The minimum atomic E-state index is -0.333. The summed E-state index contributed by atoms with van der Waals surface area (Å²) in [7, 11) is 2.16. The molecule has 1 aromatic carbocycles. The molecule has 1 atom stereocenters. The summed E-state index contributed by atoms with van der Waals surface area (Å²) in [4.78, 5) is 21.6. The number of anilines is 1. The van der Waals surface area contributed by atoms with E-state index in [9.17, 15) is 4.79 Å². The van der Waals surface area contributed by atoms with Gasteiger partial charge in [-0.25, -0.2) is 4.79 Å². The van der Waals surface area contributed by atoms with E-state index < -0.39 is 0 Å². The molecule has 0 saturated carbocycles.